The molecule has 2 heterocycles. The Hall–Kier alpha value is -4.67. The predicted octanol–water partition coefficient (Wildman–Crippen LogP) is 3.86. The Kier molecular flexibility index (Phi) is 10.9. The minimum atomic E-state index is -0.948. The summed E-state index contributed by atoms with van der Waals surface area (Å²) < 4.78 is 16.6. The summed E-state index contributed by atoms with van der Waals surface area (Å²) in [6, 6.07) is 16.3. The molecule has 0 unspecified atom stereocenters. The molecule has 1 N–H and O–H groups in total. The van der Waals surface area contributed by atoms with Crippen molar-refractivity contribution in [1.82, 2.24) is 20.1 Å². The summed E-state index contributed by atoms with van der Waals surface area (Å²) in [6.07, 6.45) is 0.426. The van der Waals surface area contributed by atoms with Crippen molar-refractivity contribution < 1.29 is 33.4 Å². The molecule has 43 heavy (non-hydrogen) atoms. The molecule has 0 spiro atoms. The van der Waals surface area contributed by atoms with Crippen LogP contribution in [-0.2, 0) is 25.7 Å². The highest BCUT2D eigenvalue weighted by Gasteiger charge is 2.26. The lowest BCUT2D eigenvalue weighted by Gasteiger charge is -2.34. The summed E-state index contributed by atoms with van der Waals surface area (Å²) in [6.45, 7) is 7.20. The van der Waals surface area contributed by atoms with E-state index in [0.29, 0.717) is 49.4 Å². The van der Waals surface area contributed by atoms with Crippen LogP contribution < -0.4 is 10.1 Å². The number of aryl methyl sites for hydroxylation is 1. The maximum absolute atomic E-state index is 13.1. The Bertz CT molecular complexity index is 1440. The Morgan fingerprint density at radius 1 is 0.953 bits per heavy atom. The van der Waals surface area contributed by atoms with E-state index in [0.717, 1.165) is 24.0 Å². The summed E-state index contributed by atoms with van der Waals surface area (Å²) >= 11 is 0. The Morgan fingerprint density at radius 3 is 2.40 bits per heavy atom. The fraction of sp³-hybridized carbons (Fsp3) is 0.406. The van der Waals surface area contributed by atoms with E-state index < -0.39 is 18.0 Å². The van der Waals surface area contributed by atoms with E-state index in [-0.39, 0.29) is 30.8 Å². The van der Waals surface area contributed by atoms with Gasteiger partial charge in [-0.05, 0) is 43.5 Å². The Balaban J connectivity index is 1.36. The fourth-order valence-electron chi connectivity index (χ4n) is 4.50. The van der Waals surface area contributed by atoms with Crippen LogP contribution in [0.2, 0.25) is 0 Å². The number of aromatic nitrogens is 1. The van der Waals surface area contributed by atoms with Crippen LogP contribution in [0.25, 0.3) is 10.9 Å². The van der Waals surface area contributed by atoms with Crippen LogP contribution >= 0.6 is 0 Å². The van der Waals surface area contributed by atoms with Crippen molar-refractivity contribution in [2.24, 2.45) is 0 Å². The third-order valence-electron chi connectivity index (χ3n) is 7.03. The van der Waals surface area contributed by atoms with Crippen molar-refractivity contribution in [2.75, 3.05) is 39.3 Å². The monoisotopic (exact) mass is 590 g/mol. The lowest BCUT2D eigenvalue weighted by Crippen LogP contribution is -2.52. The number of rotatable bonds is 11. The second-order valence-electron chi connectivity index (χ2n) is 10.4. The number of nitrogens with zero attached hydrogens (tertiary/aromatic N) is 3. The fourth-order valence-corrected chi connectivity index (χ4v) is 4.50. The quantitative estimate of drug-likeness (QED) is 0.264. The standard InChI is InChI=1S/C32H38N4O7/c1-4-5-17-41-32(40)36-15-13-35(14-16-36)29(37)20-33-30(38)27-19-28(25-12-11-22(2)18-26(25)34-27)43-23(3)31(39)42-21-24-9-7-6-8-10-24/h6-12,18-19,23H,4-5,13-17,20-21H2,1-3H3,(H,33,38)/t23-/m1/s1. The summed E-state index contributed by atoms with van der Waals surface area (Å²) in [5.74, 6) is -1.08. The molecule has 11 heteroatoms. The van der Waals surface area contributed by atoms with Crippen LogP contribution in [0.1, 0.15) is 48.3 Å². The zero-order valence-electron chi connectivity index (χ0n) is 24.8. The summed E-state index contributed by atoms with van der Waals surface area (Å²) in [5, 5.41) is 3.27. The van der Waals surface area contributed by atoms with Crippen LogP contribution in [0.5, 0.6) is 5.75 Å². The molecule has 1 saturated heterocycles. The SMILES string of the molecule is CCCCOC(=O)N1CCN(C(=O)CNC(=O)c2cc(O[C@H](C)C(=O)OCc3ccccc3)c3ccc(C)cc3n2)CC1. The molecule has 1 atom stereocenters. The number of carbonyl (C=O) groups excluding carboxylic acids is 4. The third-order valence-corrected chi connectivity index (χ3v) is 7.03. The minimum absolute atomic E-state index is 0.0467. The number of benzene rings is 2. The number of fused-ring (bicyclic) bond motifs is 1. The molecule has 3 aromatic rings. The molecule has 0 bridgehead atoms. The molecule has 4 rings (SSSR count). The molecule has 0 aliphatic carbocycles. The molecule has 228 valence electrons. The highest BCUT2D eigenvalue weighted by molar-refractivity contribution is 5.98. The van der Waals surface area contributed by atoms with Gasteiger partial charge in [0.05, 0.1) is 18.7 Å². The van der Waals surface area contributed by atoms with Crippen LogP contribution in [0.3, 0.4) is 0 Å². The number of esters is 1. The second-order valence-corrected chi connectivity index (χ2v) is 10.4. The van der Waals surface area contributed by atoms with Gasteiger partial charge in [-0.25, -0.2) is 14.6 Å². The molecule has 1 aliphatic heterocycles. The second kappa shape index (κ2) is 15.0. The number of unbranched alkanes of at least 4 members (excludes halogenated alkanes) is 1. The van der Waals surface area contributed by atoms with Crippen LogP contribution in [0.15, 0.2) is 54.6 Å². The first-order valence-corrected chi connectivity index (χ1v) is 14.5. The third kappa shape index (κ3) is 8.67. The van der Waals surface area contributed by atoms with Crippen molar-refractivity contribution in [3.8, 4) is 5.75 Å². The van der Waals surface area contributed by atoms with E-state index in [1.165, 1.54) is 6.07 Å². The van der Waals surface area contributed by atoms with Crippen molar-refractivity contribution in [2.45, 2.75) is 46.3 Å². The topological polar surface area (TPSA) is 127 Å². The highest BCUT2D eigenvalue weighted by Crippen LogP contribution is 2.28. The van der Waals surface area contributed by atoms with Gasteiger partial charge in [-0.3, -0.25) is 9.59 Å². The van der Waals surface area contributed by atoms with Gasteiger partial charge in [-0.2, -0.15) is 0 Å². The molecule has 1 fully saturated rings. The maximum atomic E-state index is 13.1. The van der Waals surface area contributed by atoms with Crippen molar-refractivity contribution in [3.05, 3.63) is 71.4 Å². The van der Waals surface area contributed by atoms with Gasteiger partial charge in [-0.1, -0.05) is 49.7 Å². The summed E-state index contributed by atoms with van der Waals surface area (Å²) in [7, 11) is 0. The molecule has 3 amide bonds. The van der Waals surface area contributed by atoms with Gasteiger partial charge in [0.2, 0.25) is 5.91 Å². The lowest BCUT2D eigenvalue weighted by molar-refractivity contribution is -0.152. The molecule has 11 nitrogen and oxygen atoms in total. The van der Waals surface area contributed by atoms with Crippen molar-refractivity contribution >= 4 is 34.8 Å². The van der Waals surface area contributed by atoms with Gasteiger partial charge in [0.15, 0.2) is 6.10 Å². The number of pyridine rings is 1. The van der Waals surface area contributed by atoms with E-state index in [9.17, 15) is 19.2 Å². The summed E-state index contributed by atoms with van der Waals surface area (Å²) in [4.78, 5) is 58.4. The van der Waals surface area contributed by atoms with Crippen molar-refractivity contribution in [1.29, 1.82) is 0 Å². The highest BCUT2D eigenvalue weighted by atomic mass is 16.6. The van der Waals surface area contributed by atoms with Gasteiger partial charge >= 0.3 is 12.1 Å². The number of nitrogens with one attached hydrogen (secondary N) is 1. The molecule has 1 aliphatic rings. The number of piperazine rings is 1. The van der Waals surface area contributed by atoms with E-state index in [1.807, 2.05) is 62.4 Å². The van der Waals surface area contributed by atoms with E-state index in [2.05, 4.69) is 10.3 Å². The van der Waals surface area contributed by atoms with E-state index in [4.69, 9.17) is 14.2 Å². The first kappa shape index (κ1) is 31.3. The number of amides is 3. The maximum Gasteiger partial charge on any atom is 0.409 e. The van der Waals surface area contributed by atoms with Gasteiger partial charge in [-0.15, -0.1) is 0 Å². The number of hydrogen-bond donors (Lipinski definition) is 1. The van der Waals surface area contributed by atoms with Gasteiger partial charge in [0.25, 0.3) is 5.91 Å². The largest absolute Gasteiger partial charge is 0.478 e. The zero-order chi connectivity index (χ0) is 30.8. The average molecular weight is 591 g/mol. The predicted molar refractivity (Wildman–Crippen MR) is 160 cm³/mol. The normalized spacial score (nSPS) is 13.7. The van der Waals surface area contributed by atoms with Gasteiger partial charge in [0, 0.05) is 37.6 Å². The number of ether oxygens (including phenoxy) is 3. The average Bonchev–Trinajstić information content (AvgIpc) is 3.02. The smallest absolute Gasteiger partial charge is 0.409 e. The van der Waals surface area contributed by atoms with E-state index >= 15 is 0 Å². The first-order valence-electron chi connectivity index (χ1n) is 14.5. The van der Waals surface area contributed by atoms with Crippen LogP contribution in [0, 0.1) is 6.92 Å². The minimum Gasteiger partial charge on any atom is -0.478 e. The van der Waals surface area contributed by atoms with Gasteiger partial charge in [0.1, 0.15) is 18.1 Å². The van der Waals surface area contributed by atoms with Crippen LogP contribution in [0.4, 0.5) is 4.79 Å². The van der Waals surface area contributed by atoms with E-state index in [1.54, 1.807) is 16.7 Å². The molecule has 0 saturated carbocycles. The number of hydrogen-bond acceptors (Lipinski definition) is 8. The molecule has 0 radical (unpaired) electrons. The first-order chi connectivity index (χ1) is 20.7. The van der Waals surface area contributed by atoms with Crippen LogP contribution in [-0.4, -0.2) is 84.1 Å². The molecular weight excluding hydrogens is 552 g/mol. The summed E-state index contributed by atoms with van der Waals surface area (Å²) in [5.41, 5.74) is 2.35. The molecule has 1 aromatic heterocycles. The molecule has 2 aromatic carbocycles. The number of carbonyl (C=O) groups is 4. The Morgan fingerprint density at radius 2 is 1.67 bits per heavy atom. The molecular formula is C32H38N4O7. The zero-order valence-corrected chi connectivity index (χ0v) is 24.8. The lowest BCUT2D eigenvalue weighted by atomic mass is 10.1. The van der Waals surface area contributed by atoms with Gasteiger partial charge < -0.3 is 29.3 Å². The van der Waals surface area contributed by atoms with Crippen molar-refractivity contribution in [3.63, 3.8) is 0 Å². The Labute approximate surface area is 251 Å².